The monoisotopic (exact) mass is 397 g/mol. The summed E-state index contributed by atoms with van der Waals surface area (Å²) >= 11 is 0. The third-order valence-corrected chi connectivity index (χ3v) is 6.10. The summed E-state index contributed by atoms with van der Waals surface area (Å²) in [4.78, 5) is 14.6. The molecule has 0 spiro atoms. The van der Waals surface area contributed by atoms with Crippen LogP contribution in [0.2, 0.25) is 0 Å². The minimum absolute atomic E-state index is 0.0834. The van der Waals surface area contributed by atoms with Gasteiger partial charge in [0.25, 0.3) is 5.91 Å². The van der Waals surface area contributed by atoms with Crippen molar-refractivity contribution in [1.29, 1.82) is 0 Å². The molecule has 2 aromatic rings. The van der Waals surface area contributed by atoms with Crippen LogP contribution < -0.4 is 14.2 Å². The van der Waals surface area contributed by atoms with Crippen molar-refractivity contribution in [3.63, 3.8) is 0 Å². The lowest BCUT2D eigenvalue weighted by Crippen LogP contribution is -2.42. The fraction of sp³-hybridized carbons (Fsp3) is 0.409. The number of aliphatic hydroxyl groups excluding tert-OH is 1. The number of likely N-dealkylation sites (tertiary alicyclic amines) is 1. The van der Waals surface area contributed by atoms with Crippen LogP contribution in [0.15, 0.2) is 42.5 Å². The summed E-state index contributed by atoms with van der Waals surface area (Å²) < 4.78 is 16.8. The molecule has 1 saturated heterocycles. The molecule has 7 heteroatoms. The number of hydrogen-bond acceptors (Lipinski definition) is 6. The van der Waals surface area contributed by atoms with Gasteiger partial charge in [-0.1, -0.05) is 6.07 Å². The Morgan fingerprint density at radius 2 is 1.83 bits per heavy atom. The van der Waals surface area contributed by atoms with Crippen LogP contribution in [-0.2, 0) is 0 Å². The highest BCUT2D eigenvalue weighted by molar-refractivity contribution is 5.94. The van der Waals surface area contributed by atoms with Crippen LogP contribution in [-0.4, -0.2) is 53.1 Å². The average molecular weight is 397 g/mol. The standard InChI is InChI=1S/C22H23NO6/c24-16-3-1-2-13(6-16)22(26)23-10-14-7-18(25)20(8-15(14)11-23)29-17-4-5-19-21(9-17)28-12-27-19/h1-6,9,14-15,18,20,24-25H,7-8,10-12H2/t14-,15+,18+,20+/m0/s1. The zero-order valence-electron chi connectivity index (χ0n) is 15.9. The molecule has 2 aromatic carbocycles. The van der Waals surface area contributed by atoms with Gasteiger partial charge >= 0.3 is 0 Å². The van der Waals surface area contributed by atoms with E-state index in [1.54, 1.807) is 30.3 Å². The predicted molar refractivity (Wildman–Crippen MR) is 103 cm³/mol. The molecule has 4 atom stereocenters. The van der Waals surface area contributed by atoms with Crippen LogP contribution in [0.4, 0.5) is 0 Å². The summed E-state index contributed by atoms with van der Waals surface area (Å²) in [5.74, 6) is 2.51. The van der Waals surface area contributed by atoms with Gasteiger partial charge < -0.3 is 29.3 Å². The number of benzene rings is 2. The molecule has 1 aliphatic carbocycles. The number of phenolic OH excluding ortho intramolecular Hbond substituents is 1. The number of rotatable bonds is 3. The maximum Gasteiger partial charge on any atom is 0.254 e. The smallest absolute Gasteiger partial charge is 0.254 e. The van der Waals surface area contributed by atoms with E-state index in [0.717, 1.165) is 0 Å². The van der Waals surface area contributed by atoms with E-state index in [4.69, 9.17) is 14.2 Å². The zero-order chi connectivity index (χ0) is 20.0. The number of nitrogens with zero attached hydrogens (tertiary/aromatic N) is 1. The van der Waals surface area contributed by atoms with E-state index < -0.39 is 6.10 Å². The van der Waals surface area contributed by atoms with Gasteiger partial charge in [0, 0.05) is 24.7 Å². The number of amides is 1. The fourth-order valence-corrected chi connectivity index (χ4v) is 4.63. The highest BCUT2D eigenvalue weighted by atomic mass is 16.7. The molecular weight excluding hydrogens is 374 g/mol. The van der Waals surface area contributed by atoms with Crippen molar-refractivity contribution in [3.05, 3.63) is 48.0 Å². The van der Waals surface area contributed by atoms with Crippen molar-refractivity contribution in [2.24, 2.45) is 11.8 Å². The van der Waals surface area contributed by atoms with E-state index in [2.05, 4.69) is 0 Å². The van der Waals surface area contributed by atoms with Gasteiger partial charge in [0.15, 0.2) is 11.5 Å². The Labute approximate surface area is 168 Å². The van der Waals surface area contributed by atoms with Gasteiger partial charge in [0.05, 0.1) is 6.10 Å². The molecule has 152 valence electrons. The van der Waals surface area contributed by atoms with E-state index in [0.29, 0.717) is 48.7 Å². The molecule has 0 aromatic heterocycles. The lowest BCUT2D eigenvalue weighted by atomic mass is 9.78. The van der Waals surface area contributed by atoms with E-state index in [9.17, 15) is 15.0 Å². The number of carbonyl (C=O) groups excluding carboxylic acids is 1. The largest absolute Gasteiger partial charge is 0.508 e. The van der Waals surface area contributed by atoms with Crippen LogP contribution in [0.25, 0.3) is 0 Å². The molecule has 1 amide bonds. The number of ether oxygens (including phenoxy) is 3. The first kappa shape index (κ1) is 18.1. The third-order valence-electron chi connectivity index (χ3n) is 6.10. The Hall–Kier alpha value is -2.93. The van der Waals surface area contributed by atoms with Gasteiger partial charge in [0.1, 0.15) is 17.6 Å². The SMILES string of the molecule is O=C(c1cccc(O)c1)N1C[C@H]2C[C@@H](Oc3ccc4c(c3)OCO4)[C@H](O)C[C@H]2C1. The Bertz CT molecular complexity index is 931. The summed E-state index contributed by atoms with van der Waals surface area (Å²) in [6.45, 7) is 1.46. The first-order valence-corrected chi connectivity index (χ1v) is 9.89. The van der Waals surface area contributed by atoms with Crippen molar-refractivity contribution >= 4 is 5.91 Å². The molecule has 0 bridgehead atoms. The molecule has 0 unspecified atom stereocenters. The van der Waals surface area contributed by atoms with E-state index in [1.807, 2.05) is 11.0 Å². The Kier molecular flexibility index (Phi) is 4.47. The molecule has 2 fully saturated rings. The molecule has 5 rings (SSSR count). The van der Waals surface area contributed by atoms with Crippen LogP contribution >= 0.6 is 0 Å². The lowest BCUT2D eigenvalue weighted by Gasteiger charge is -2.35. The molecule has 0 radical (unpaired) electrons. The second-order valence-electron chi connectivity index (χ2n) is 7.99. The fourth-order valence-electron chi connectivity index (χ4n) is 4.63. The maximum absolute atomic E-state index is 12.8. The van der Waals surface area contributed by atoms with Crippen LogP contribution in [0.3, 0.4) is 0 Å². The summed E-state index contributed by atoms with van der Waals surface area (Å²) in [7, 11) is 0. The van der Waals surface area contributed by atoms with Crippen LogP contribution in [0, 0.1) is 11.8 Å². The zero-order valence-corrected chi connectivity index (χ0v) is 15.9. The summed E-state index contributed by atoms with van der Waals surface area (Å²) in [6.07, 6.45) is 0.373. The second kappa shape index (κ2) is 7.15. The molecular formula is C22H23NO6. The lowest BCUT2D eigenvalue weighted by molar-refractivity contribution is -0.0232. The number of carbonyl (C=O) groups is 1. The Morgan fingerprint density at radius 1 is 1.03 bits per heavy atom. The molecule has 2 aliphatic heterocycles. The molecule has 7 nitrogen and oxygen atoms in total. The Balaban J connectivity index is 1.26. The second-order valence-corrected chi connectivity index (χ2v) is 7.99. The summed E-state index contributed by atoms with van der Waals surface area (Å²) in [5, 5.41) is 20.3. The number of hydrogen-bond donors (Lipinski definition) is 2. The number of aromatic hydroxyl groups is 1. The first-order valence-electron chi connectivity index (χ1n) is 9.89. The topological polar surface area (TPSA) is 88.5 Å². The number of aliphatic hydroxyl groups is 1. The maximum atomic E-state index is 12.8. The Morgan fingerprint density at radius 3 is 2.66 bits per heavy atom. The summed E-state index contributed by atoms with van der Waals surface area (Å²) in [5.41, 5.74) is 0.484. The quantitative estimate of drug-likeness (QED) is 0.827. The average Bonchev–Trinajstić information content (AvgIpc) is 3.34. The molecule has 1 saturated carbocycles. The first-order chi connectivity index (χ1) is 14.1. The van der Waals surface area contributed by atoms with Gasteiger partial charge in [-0.05, 0) is 55.0 Å². The molecule has 2 N–H and O–H groups in total. The van der Waals surface area contributed by atoms with Crippen molar-refractivity contribution in [2.45, 2.75) is 25.0 Å². The van der Waals surface area contributed by atoms with Gasteiger partial charge in [-0.25, -0.2) is 0 Å². The molecule has 29 heavy (non-hydrogen) atoms. The van der Waals surface area contributed by atoms with Crippen molar-refractivity contribution in [1.82, 2.24) is 4.90 Å². The third kappa shape index (κ3) is 3.46. The molecule has 2 heterocycles. The number of phenols is 1. The van der Waals surface area contributed by atoms with Crippen molar-refractivity contribution in [3.8, 4) is 23.0 Å². The predicted octanol–water partition coefficient (Wildman–Crippen LogP) is 2.41. The van der Waals surface area contributed by atoms with Crippen LogP contribution in [0.5, 0.6) is 23.0 Å². The minimum Gasteiger partial charge on any atom is -0.508 e. The highest BCUT2D eigenvalue weighted by Crippen LogP contribution is 2.40. The van der Waals surface area contributed by atoms with E-state index >= 15 is 0 Å². The molecule has 3 aliphatic rings. The van der Waals surface area contributed by atoms with E-state index in [1.165, 1.54) is 6.07 Å². The minimum atomic E-state index is -0.586. The van der Waals surface area contributed by atoms with Gasteiger partial charge in [-0.3, -0.25) is 4.79 Å². The highest BCUT2D eigenvalue weighted by Gasteiger charge is 2.44. The normalized spacial score (nSPS) is 27.6. The summed E-state index contributed by atoms with van der Waals surface area (Å²) in [6, 6.07) is 11.8. The van der Waals surface area contributed by atoms with Crippen molar-refractivity contribution < 1.29 is 29.2 Å². The van der Waals surface area contributed by atoms with Crippen LogP contribution in [0.1, 0.15) is 23.2 Å². The van der Waals surface area contributed by atoms with Gasteiger partial charge in [0.2, 0.25) is 6.79 Å². The van der Waals surface area contributed by atoms with E-state index in [-0.39, 0.29) is 36.4 Å². The van der Waals surface area contributed by atoms with Crippen molar-refractivity contribution in [2.75, 3.05) is 19.9 Å². The van der Waals surface area contributed by atoms with Gasteiger partial charge in [-0.15, -0.1) is 0 Å². The van der Waals surface area contributed by atoms with Gasteiger partial charge in [-0.2, -0.15) is 0 Å². The number of fused-ring (bicyclic) bond motifs is 2.